The van der Waals surface area contributed by atoms with Crippen LogP contribution in [0.5, 0.6) is 0 Å². The number of aromatic amines is 1. The van der Waals surface area contributed by atoms with Crippen LogP contribution in [0.4, 0.5) is 4.39 Å². The van der Waals surface area contributed by atoms with Crippen LogP contribution in [0.1, 0.15) is 5.82 Å². The Labute approximate surface area is 155 Å². The lowest BCUT2D eigenvalue weighted by atomic mass is 10.2. The Morgan fingerprint density at radius 1 is 1.15 bits per heavy atom. The van der Waals surface area contributed by atoms with Gasteiger partial charge in [-0.1, -0.05) is 23.4 Å². The number of thioether (sulfide) groups is 1. The van der Waals surface area contributed by atoms with E-state index in [4.69, 9.17) is 16.0 Å². The molecule has 9 heteroatoms. The lowest BCUT2D eigenvalue weighted by molar-refractivity contribution is 0.465. The number of hydrogen-bond donors (Lipinski definition) is 1. The zero-order chi connectivity index (χ0) is 18.1. The molecule has 0 aliphatic rings. The molecule has 0 aliphatic heterocycles. The minimum atomic E-state index is -0.338. The highest BCUT2D eigenvalue weighted by Crippen LogP contribution is 2.25. The van der Waals surface area contributed by atoms with Crippen LogP contribution in [0.25, 0.3) is 22.4 Å². The average Bonchev–Trinajstić information content (AvgIpc) is 3.10. The lowest BCUT2D eigenvalue weighted by Gasteiger charge is -2.01. The van der Waals surface area contributed by atoms with E-state index in [1.54, 1.807) is 30.3 Å². The smallest absolute Gasteiger partial charge is 0.277 e. The van der Waals surface area contributed by atoms with Crippen LogP contribution in [0, 0.1) is 5.82 Å². The van der Waals surface area contributed by atoms with Crippen LogP contribution in [0.2, 0.25) is 5.02 Å². The van der Waals surface area contributed by atoms with Crippen molar-refractivity contribution in [1.29, 1.82) is 0 Å². The fraction of sp³-hybridized carbons (Fsp3) is 0.0588. The second-order valence-electron chi connectivity index (χ2n) is 5.34. The Morgan fingerprint density at radius 2 is 1.96 bits per heavy atom. The van der Waals surface area contributed by atoms with Gasteiger partial charge in [0.15, 0.2) is 0 Å². The number of rotatable bonds is 4. The molecule has 0 aliphatic carbocycles. The summed E-state index contributed by atoms with van der Waals surface area (Å²) in [6.45, 7) is 0. The van der Waals surface area contributed by atoms with Gasteiger partial charge in [-0.2, -0.15) is 0 Å². The summed E-state index contributed by atoms with van der Waals surface area (Å²) in [6.07, 6.45) is 0. The molecule has 0 bridgehead atoms. The van der Waals surface area contributed by atoms with E-state index in [2.05, 4.69) is 20.2 Å². The van der Waals surface area contributed by atoms with E-state index >= 15 is 0 Å². The molecule has 26 heavy (non-hydrogen) atoms. The van der Waals surface area contributed by atoms with E-state index in [9.17, 15) is 9.18 Å². The molecule has 1 N–H and O–H groups in total. The quantitative estimate of drug-likeness (QED) is 0.531. The molecule has 0 unspecified atom stereocenters. The van der Waals surface area contributed by atoms with Gasteiger partial charge in [0.25, 0.3) is 10.8 Å². The maximum atomic E-state index is 13.0. The molecule has 0 saturated carbocycles. The third-order valence-corrected chi connectivity index (χ3v) is 4.61. The van der Waals surface area contributed by atoms with Crippen molar-refractivity contribution in [2.45, 2.75) is 11.0 Å². The Morgan fingerprint density at radius 3 is 2.77 bits per heavy atom. The van der Waals surface area contributed by atoms with Crippen molar-refractivity contribution in [1.82, 2.24) is 20.2 Å². The molecule has 4 aromatic rings. The highest BCUT2D eigenvalue weighted by molar-refractivity contribution is 7.98. The van der Waals surface area contributed by atoms with Gasteiger partial charge in [-0.25, -0.2) is 9.37 Å². The van der Waals surface area contributed by atoms with E-state index in [0.717, 1.165) is 0 Å². The van der Waals surface area contributed by atoms with Crippen molar-refractivity contribution in [3.8, 4) is 11.5 Å². The zero-order valence-electron chi connectivity index (χ0n) is 13.1. The number of H-pyrrole nitrogens is 1. The summed E-state index contributed by atoms with van der Waals surface area (Å²) in [5.41, 5.74) is 0.928. The minimum Gasteiger partial charge on any atom is -0.411 e. The fourth-order valence-electron chi connectivity index (χ4n) is 2.34. The summed E-state index contributed by atoms with van der Waals surface area (Å²) in [4.78, 5) is 19.2. The van der Waals surface area contributed by atoms with E-state index in [1.807, 2.05) is 0 Å². The van der Waals surface area contributed by atoms with Crippen LogP contribution in [0.15, 0.2) is 56.9 Å². The second kappa shape index (κ2) is 6.89. The first-order chi connectivity index (χ1) is 12.6. The summed E-state index contributed by atoms with van der Waals surface area (Å²) in [6, 6.07) is 10.7. The van der Waals surface area contributed by atoms with Gasteiger partial charge in [0.2, 0.25) is 5.89 Å². The van der Waals surface area contributed by atoms with Crippen LogP contribution < -0.4 is 5.56 Å². The molecule has 0 saturated heterocycles. The van der Waals surface area contributed by atoms with E-state index in [1.165, 1.54) is 23.9 Å². The first kappa shape index (κ1) is 16.7. The van der Waals surface area contributed by atoms with Gasteiger partial charge >= 0.3 is 0 Å². The van der Waals surface area contributed by atoms with Gasteiger partial charge in [-0.15, -0.1) is 10.2 Å². The first-order valence-corrected chi connectivity index (χ1v) is 8.85. The Kier molecular flexibility index (Phi) is 4.44. The van der Waals surface area contributed by atoms with Crippen LogP contribution >= 0.6 is 23.4 Å². The van der Waals surface area contributed by atoms with Crippen molar-refractivity contribution in [2.24, 2.45) is 0 Å². The van der Waals surface area contributed by atoms with Crippen molar-refractivity contribution in [3.05, 3.63) is 69.5 Å². The molecule has 0 radical (unpaired) electrons. The van der Waals surface area contributed by atoms with Gasteiger partial charge < -0.3 is 9.40 Å². The van der Waals surface area contributed by atoms with Crippen molar-refractivity contribution in [3.63, 3.8) is 0 Å². The monoisotopic (exact) mass is 388 g/mol. The van der Waals surface area contributed by atoms with Crippen LogP contribution in [-0.2, 0) is 5.75 Å². The second-order valence-corrected chi connectivity index (χ2v) is 6.71. The molecular formula is C17H10ClFN4O2S. The van der Waals surface area contributed by atoms with E-state index in [-0.39, 0.29) is 11.4 Å². The maximum absolute atomic E-state index is 13.0. The average molecular weight is 389 g/mol. The molecule has 0 atom stereocenters. The number of fused-ring (bicyclic) bond motifs is 1. The van der Waals surface area contributed by atoms with Crippen LogP contribution in [0.3, 0.4) is 0 Å². The number of aromatic nitrogens is 4. The molecule has 6 nitrogen and oxygen atoms in total. The molecule has 0 spiro atoms. The summed E-state index contributed by atoms with van der Waals surface area (Å²) in [7, 11) is 0. The van der Waals surface area contributed by atoms with Crippen molar-refractivity contribution in [2.75, 3.05) is 0 Å². The third-order valence-electron chi connectivity index (χ3n) is 3.55. The van der Waals surface area contributed by atoms with E-state index < -0.39 is 0 Å². The number of halogens is 2. The topological polar surface area (TPSA) is 84.7 Å². The highest BCUT2D eigenvalue weighted by atomic mass is 35.5. The predicted octanol–water partition coefficient (Wildman–Crippen LogP) is 4.06. The molecule has 0 fully saturated rings. The SMILES string of the molecule is O=c1[nH]c(CSc2nnc(-c3ccc(F)cc3)o2)nc2ccc(Cl)cc12. The summed E-state index contributed by atoms with van der Waals surface area (Å²) >= 11 is 7.14. The molecule has 4 rings (SSSR count). The van der Waals surface area contributed by atoms with Crippen molar-refractivity contribution < 1.29 is 8.81 Å². The Balaban J connectivity index is 1.52. The fourth-order valence-corrected chi connectivity index (χ4v) is 3.14. The molecule has 2 aromatic carbocycles. The van der Waals surface area contributed by atoms with Gasteiger partial charge in [0, 0.05) is 10.6 Å². The molecule has 130 valence electrons. The Bertz CT molecular complexity index is 1140. The minimum absolute atomic E-state index is 0.259. The van der Waals surface area contributed by atoms with Gasteiger partial charge in [-0.3, -0.25) is 4.79 Å². The van der Waals surface area contributed by atoms with Gasteiger partial charge in [0.05, 0.1) is 16.7 Å². The van der Waals surface area contributed by atoms with Crippen molar-refractivity contribution >= 4 is 34.3 Å². The summed E-state index contributed by atoms with van der Waals surface area (Å²) in [5, 5.41) is 9.11. The molecular weight excluding hydrogens is 379 g/mol. The number of nitrogens with zero attached hydrogens (tertiary/aromatic N) is 3. The predicted molar refractivity (Wildman–Crippen MR) is 96.6 cm³/mol. The molecule has 2 heterocycles. The highest BCUT2D eigenvalue weighted by Gasteiger charge is 2.11. The Hall–Kier alpha value is -2.71. The van der Waals surface area contributed by atoms with Gasteiger partial charge in [-0.05, 0) is 42.5 Å². The number of benzene rings is 2. The number of nitrogens with one attached hydrogen (secondary N) is 1. The van der Waals surface area contributed by atoms with Gasteiger partial charge in [0.1, 0.15) is 11.6 Å². The zero-order valence-corrected chi connectivity index (χ0v) is 14.6. The lowest BCUT2D eigenvalue weighted by Crippen LogP contribution is -2.11. The third kappa shape index (κ3) is 3.47. The van der Waals surface area contributed by atoms with Crippen LogP contribution in [-0.4, -0.2) is 20.2 Å². The normalized spacial score (nSPS) is 11.2. The maximum Gasteiger partial charge on any atom is 0.277 e. The van der Waals surface area contributed by atoms with E-state index in [0.29, 0.717) is 44.2 Å². The molecule has 2 aromatic heterocycles. The number of hydrogen-bond acceptors (Lipinski definition) is 6. The first-order valence-electron chi connectivity index (χ1n) is 7.49. The standard InChI is InChI=1S/C17H10ClFN4O2S/c18-10-3-6-13-12(7-10)15(24)21-14(20-13)8-26-17-23-22-16(25-17)9-1-4-11(19)5-2-9/h1-7H,8H2,(H,20,21,24). The summed E-state index contributed by atoms with van der Waals surface area (Å²) < 4.78 is 18.5. The summed E-state index contributed by atoms with van der Waals surface area (Å²) in [5.74, 6) is 0.785. The molecule has 0 amide bonds. The largest absolute Gasteiger partial charge is 0.411 e.